The van der Waals surface area contributed by atoms with Gasteiger partial charge in [-0.05, 0) is 64.0 Å². The van der Waals surface area contributed by atoms with Crippen LogP contribution in [0, 0.1) is 0 Å². The second-order valence-electron chi connectivity index (χ2n) is 10.9. The van der Waals surface area contributed by atoms with Gasteiger partial charge in [0.05, 0.1) is 0 Å². The summed E-state index contributed by atoms with van der Waals surface area (Å²) in [5.41, 5.74) is 2.05. The molecule has 1 aromatic heterocycles. The van der Waals surface area contributed by atoms with E-state index in [4.69, 9.17) is 4.98 Å². The SMILES string of the molecule is CN(C)[C@@H]1CCN(C(=O)c2ccc(Nc3ncc4c(n3)N(C3CCCC3)C3(CCNC3=O)C4)cc2)C1. The van der Waals surface area contributed by atoms with E-state index in [9.17, 15) is 9.59 Å². The lowest BCUT2D eigenvalue weighted by molar-refractivity contribution is -0.123. The van der Waals surface area contributed by atoms with Gasteiger partial charge in [-0.25, -0.2) is 4.98 Å². The largest absolute Gasteiger partial charge is 0.354 e. The van der Waals surface area contributed by atoms with E-state index in [1.165, 1.54) is 12.8 Å². The van der Waals surface area contributed by atoms with Crippen LogP contribution in [0.15, 0.2) is 30.5 Å². The lowest BCUT2D eigenvalue weighted by atomic mass is 9.91. The summed E-state index contributed by atoms with van der Waals surface area (Å²) in [6.45, 7) is 2.28. The van der Waals surface area contributed by atoms with Gasteiger partial charge in [-0.15, -0.1) is 0 Å². The number of rotatable bonds is 5. The van der Waals surface area contributed by atoms with Gasteiger partial charge in [0.2, 0.25) is 11.9 Å². The average Bonchev–Trinajstić information content (AvgIpc) is 3.67. The molecule has 190 valence electrons. The maximum atomic E-state index is 13.0. The van der Waals surface area contributed by atoms with Crippen molar-refractivity contribution in [1.29, 1.82) is 0 Å². The molecule has 1 saturated carbocycles. The zero-order valence-corrected chi connectivity index (χ0v) is 21.2. The summed E-state index contributed by atoms with van der Waals surface area (Å²) in [5.74, 6) is 1.61. The van der Waals surface area contributed by atoms with Crippen LogP contribution in [0.2, 0.25) is 0 Å². The lowest BCUT2D eigenvalue weighted by Crippen LogP contribution is -2.56. The summed E-state index contributed by atoms with van der Waals surface area (Å²) in [7, 11) is 4.13. The number of aromatic nitrogens is 2. The van der Waals surface area contributed by atoms with E-state index >= 15 is 0 Å². The van der Waals surface area contributed by atoms with E-state index < -0.39 is 5.54 Å². The fourth-order valence-corrected chi connectivity index (χ4v) is 6.49. The van der Waals surface area contributed by atoms with Crippen LogP contribution in [-0.2, 0) is 11.2 Å². The van der Waals surface area contributed by atoms with Crippen LogP contribution >= 0.6 is 0 Å². The van der Waals surface area contributed by atoms with Crippen molar-refractivity contribution in [3.63, 3.8) is 0 Å². The van der Waals surface area contributed by atoms with Crippen molar-refractivity contribution in [2.24, 2.45) is 0 Å². The van der Waals surface area contributed by atoms with Crippen LogP contribution in [0.3, 0.4) is 0 Å². The van der Waals surface area contributed by atoms with Crippen molar-refractivity contribution in [2.45, 2.75) is 62.6 Å². The van der Waals surface area contributed by atoms with Crippen LogP contribution in [0.5, 0.6) is 0 Å². The zero-order chi connectivity index (χ0) is 24.9. The first-order valence-corrected chi connectivity index (χ1v) is 13.2. The van der Waals surface area contributed by atoms with Gasteiger partial charge in [-0.1, -0.05) is 12.8 Å². The zero-order valence-electron chi connectivity index (χ0n) is 21.2. The Bertz CT molecular complexity index is 1160. The first-order chi connectivity index (χ1) is 17.4. The molecule has 3 aliphatic heterocycles. The summed E-state index contributed by atoms with van der Waals surface area (Å²) >= 11 is 0. The molecule has 2 saturated heterocycles. The fraction of sp³-hybridized carbons (Fsp3) is 0.556. The number of carbonyl (C=O) groups is 2. The van der Waals surface area contributed by atoms with Crippen LogP contribution in [0.4, 0.5) is 17.5 Å². The number of amides is 2. The van der Waals surface area contributed by atoms with Crippen molar-refractivity contribution in [2.75, 3.05) is 43.9 Å². The normalized spacial score (nSPS) is 25.8. The molecule has 9 heteroatoms. The van der Waals surface area contributed by atoms with Gasteiger partial charge in [-0.2, -0.15) is 4.98 Å². The van der Waals surface area contributed by atoms with Crippen molar-refractivity contribution < 1.29 is 9.59 Å². The molecule has 4 aliphatic rings. The van der Waals surface area contributed by atoms with Crippen molar-refractivity contribution >= 4 is 29.3 Å². The summed E-state index contributed by atoms with van der Waals surface area (Å²) < 4.78 is 0. The summed E-state index contributed by atoms with van der Waals surface area (Å²) in [5, 5.41) is 6.37. The van der Waals surface area contributed by atoms with Crippen molar-refractivity contribution in [1.82, 2.24) is 25.1 Å². The topological polar surface area (TPSA) is 93.7 Å². The number of nitrogens with one attached hydrogen (secondary N) is 2. The summed E-state index contributed by atoms with van der Waals surface area (Å²) in [6, 6.07) is 8.31. The number of hydrogen-bond donors (Lipinski definition) is 2. The molecule has 4 heterocycles. The van der Waals surface area contributed by atoms with Gasteiger partial charge in [0.15, 0.2) is 0 Å². The van der Waals surface area contributed by atoms with Crippen LogP contribution in [-0.4, -0.2) is 82.9 Å². The van der Waals surface area contributed by atoms with E-state index in [2.05, 4.69) is 39.5 Å². The van der Waals surface area contributed by atoms with E-state index in [0.29, 0.717) is 36.6 Å². The van der Waals surface area contributed by atoms with Gasteiger partial charge >= 0.3 is 0 Å². The maximum Gasteiger partial charge on any atom is 0.253 e. The molecule has 2 amide bonds. The predicted molar refractivity (Wildman–Crippen MR) is 139 cm³/mol. The molecule has 2 atom stereocenters. The molecular weight excluding hydrogens is 454 g/mol. The maximum absolute atomic E-state index is 13.0. The third kappa shape index (κ3) is 3.89. The van der Waals surface area contributed by atoms with E-state index in [1.807, 2.05) is 35.4 Å². The minimum atomic E-state index is -0.520. The number of hydrogen-bond acceptors (Lipinski definition) is 7. The number of nitrogens with zero attached hydrogens (tertiary/aromatic N) is 5. The van der Waals surface area contributed by atoms with Crippen molar-refractivity contribution in [3.8, 4) is 0 Å². The van der Waals surface area contributed by atoms with Crippen LogP contribution in [0.25, 0.3) is 0 Å². The van der Waals surface area contributed by atoms with E-state index in [-0.39, 0.29) is 11.8 Å². The summed E-state index contributed by atoms with van der Waals surface area (Å²) in [6.07, 6.45) is 8.96. The third-order valence-corrected chi connectivity index (χ3v) is 8.52. The third-order valence-electron chi connectivity index (χ3n) is 8.52. The second kappa shape index (κ2) is 9.03. The fourth-order valence-electron chi connectivity index (χ4n) is 6.49. The van der Waals surface area contributed by atoms with Gasteiger partial charge < -0.3 is 25.3 Å². The van der Waals surface area contributed by atoms with E-state index in [0.717, 1.165) is 55.8 Å². The summed E-state index contributed by atoms with van der Waals surface area (Å²) in [4.78, 5) is 41.9. The number of anilines is 3. The standard InChI is InChI=1S/C27H35N7O2/c1-32(2)22-11-14-33(17-22)24(35)18-7-9-20(10-8-18)30-26-29-16-19-15-27(12-13-28-25(27)36)34(23(19)31-26)21-5-3-4-6-21/h7-10,16,21-22H,3-6,11-15,17H2,1-2H3,(H,28,36)(H,29,30,31)/t22-,27?/m1/s1. The first kappa shape index (κ1) is 23.2. The minimum absolute atomic E-state index is 0.0759. The molecular formula is C27H35N7O2. The molecule has 1 spiro atoms. The van der Waals surface area contributed by atoms with Crippen LogP contribution in [0.1, 0.15) is 54.4 Å². The Hall–Kier alpha value is -3.20. The first-order valence-electron chi connectivity index (χ1n) is 13.2. The molecule has 1 aliphatic carbocycles. The molecule has 1 aromatic carbocycles. The van der Waals surface area contributed by atoms with Gasteiger partial charge in [0.25, 0.3) is 5.91 Å². The van der Waals surface area contributed by atoms with E-state index in [1.54, 1.807) is 0 Å². The Balaban J connectivity index is 1.19. The second-order valence-corrected chi connectivity index (χ2v) is 10.9. The number of carbonyl (C=O) groups excluding carboxylic acids is 2. The molecule has 36 heavy (non-hydrogen) atoms. The van der Waals surface area contributed by atoms with Gasteiger partial charge in [0.1, 0.15) is 11.4 Å². The Morgan fingerprint density at radius 2 is 1.94 bits per heavy atom. The van der Waals surface area contributed by atoms with Crippen molar-refractivity contribution in [3.05, 3.63) is 41.6 Å². The lowest BCUT2D eigenvalue weighted by Gasteiger charge is -2.38. The Labute approximate surface area is 212 Å². The van der Waals surface area contributed by atoms with Gasteiger partial charge in [-0.3, -0.25) is 9.59 Å². The molecule has 2 N–H and O–H groups in total. The Morgan fingerprint density at radius 3 is 2.61 bits per heavy atom. The number of likely N-dealkylation sites (N-methyl/N-ethyl adjacent to an activating group) is 1. The highest BCUT2D eigenvalue weighted by Crippen LogP contribution is 2.46. The van der Waals surface area contributed by atoms with Crippen LogP contribution < -0.4 is 15.5 Å². The predicted octanol–water partition coefficient (Wildman–Crippen LogP) is 2.56. The smallest absolute Gasteiger partial charge is 0.253 e. The highest BCUT2D eigenvalue weighted by molar-refractivity contribution is 5.95. The Kier molecular flexibility index (Phi) is 5.82. The monoisotopic (exact) mass is 489 g/mol. The number of benzene rings is 1. The number of fused-ring (bicyclic) bond motifs is 1. The molecule has 2 aromatic rings. The molecule has 6 rings (SSSR count). The minimum Gasteiger partial charge on any atom is -0.354 e. The van der Waals surface area contributed by atoms with Gasteiger partial charge in [0, 0.05) is 61.1 Å². The average molecular weight is 490 g/mol. The molecule has 9 nitrogen and oxygen atoms in total. The number of likely N-dealkylation sites (tertiary alicyclic amines) is 1. The molecule has 1 unspecified atom stereocenters. The molecule has 0 bridgehead atoms. The highest BCUT2D eigenvalue weighted by atomic mass is 16.2. The molecule has 0 radical (unpaired) electrons. The highest BCUT2D eigenvalue weighted by Gasteiger charge is 2.55. The molecule has 3 fully saturated rings. The Morgan fingerprint density at radius 1 is 1.17 bits per heavy atom. The quantitative estimate of drug-likeness (QED) is 0.667.